The number of amides is 2. The van der Waals surface area contributed by atoms with Gasteiger partial charge < -0.3 is 10.2 Å². The van der Waals surface area contributed by atoms with Crippen LogP contribution >= 0.6 is 24.0 Å². The zero-order valence-corrected chi connectivity index (χ0v) is 15.3. The molecule has 5 nitrogen and oxygen atoms in total. The van der Waals surface area contributed by atoms with Crippen LogP contribution in [-0.2, 0) is 0 Å². The molecule has 0 unspecified atom stereocenters. The molecule has 1 heterocycles. The van der Waals surface area contributed by atoms with Crippen molar-refractivity contribution in [3.05, 3.63) is 42.5 Å². The largest absolute Gasteiger partial charge is 0.352 e. The molecule has 0 radical (unpaired) electrons. The second-order valence-corrected chi connectivity index (χ2v) is 7.96. The van der Waals surface area contributed by atoms with Crippen molar-refractivity contribution in [3.63, 3.8) is 0 Å². The molecule has 3 rings (SSSR count). The van der Waals surface area contributed by atoms with E-state index in [-0.39, 0.29) is 0 Å². The second-order valence-electron chi connectivity index (χ2n) is 6.25. The summed E-state index contributed by atoms with van der Waals surface area (Å²) in [5.74, 6) is 0. The number of urea groups is 1. The van der Waals surface area contributed by atoms with E-state index in [1.54, 1.807) is 0 Å². The number of carbonyl (C=O) groups is 1. The van der Waals surface area contributed by atoms with Gasteiger partial charge in [-0.2, -0.15) is 5.06 Å². The molecular formula is C17H19N3O2S2. The minimum atomic E-state index is -0.574. The maximum Gasteiger partial charge on any atom is 0.346 e. The summed E-state index contributed by atoms with van der Waals surface area (Å²) in [7, 11) is 1.87. The van der Waals surface area contributed by atoms with Gasteiger partial charge >= 0.3 is 6.03 Å². The molecule has 0 saturated carbocycles. The molecule has 0 aliphatic carbocycles. The molecule has 1 aliphatic rings. The Morgan fingerprint density at radius 1 is 1.29 bits per heavy atom. The summed E-state index contributed by atoms with van der Waals surface area (Å²) in [5, 5.41) is 15.4. The monoisotopic (exact) mass is 361 g/mol. The highest BCUT2D eigenvalue weighted by Gasteiger charge is 2.47. The molecule has 1 fully saturated rings. The standard InChI is InChI=1S/C17H19N3O2S2/c1-17(2)14(24-16(23)19(17)3)20(22)15(21)18-13-10-6-8-11-7-4-5-9-12(11)13/h4-10,14,22H,1-3H3,(H,18,21)/t14-/m1/s1. The molecule has 0 bridgehead atoms. The Morgan fingerprint density at radius 3 is 2.62 bits per heavy atom. The molecule has 1 atom stereocenters. The van der Waals surface area contributed by atoms with E-state index >= 15 is 0 Å². The average molecular weight is 361 g/mol. The number of thioether (sulfide) groups is 1. The van der Waals surface area contributed by atoms with Crippen molar-refractivity contribution in [2.24, 2.45) is 0 Å². The molecule has 2 N–H and O–H groups in total. The summed E-state index contributed by atoms with van der Waals surface area (Å²) in [6.45, 7) is 3.89. The molecule has 0 spiro atoms. The smallest absolute Gasteiger partial charge is 0.346 e. The number of hydroxylamine groups is 2. The Balaban J connectivity index is 1.83. The summed E-state index contributed by atoms with van der Waals surface area (Å²) in [5.41, 5.74) is 0.195. The summed E-state index contributed by atoms with van der Waals surface area (Å²) >= 11 is 6.59. The summed E-state index contributed by atoms with van der Waals surface area (Å²) in [6, 6.07) is 12.9. The maximum absolute atomic E-state index is 12.5. The van der Waals surface area contributed by atoms with Gasteiger partial charge in [0, 0.05) is 12.4 Å². The van der Waals surface area contributed by atoms with Crippen LogP contribution in [0.5, 0.6) is 0 Å². The number of anilines is 1. The Bertz CT molecular complexity index is 804. The number of carbonyl (C=O) groups excluding carboxylic acids is 1. The number of nitrogens with zero attached hydrogens (tertiary/aromatic N) is 2. The fourth-order valence-corrected chi connectivity index (χ4v) is 4.42. The first-order valence-corrected chi connectivity index (χ1v) is 8.82. The van der Waals surface area contributed by atoms with Crippen molar-refractivity contribution in [3.8, 4) is 0 Å². The number of fused-ring (bicyclic) bond motifs is 1. The van der Waals surface area contributed by atoms with Crippen LogP contribution in [0.15, 0.2) is 42.5 Å². The number of thiocarbonyl (C=S) groups is 1. The van der Waals surface area contributed by atoms with E-state index in [0.717, 1.165) is 15.8 Å². The van der Waals surface area contributed by atoms with Crippen LogP contribution in [0.4, 0.5) is 10.5 Å². The molecule has 0 aromatic heterocycles. The van der Waals surface area contributed by atoms with Gasteiger partial charge in [0.2, 0.25) is 0 Å². The lowest BCUT2D eigenvalue weighted by atomic mass is 10.0. The van der Waals surface area contributed by atoms with Crippen molar-refractivity contribution in [1.82, 2.24) is 9.96 Å². The molecule has 126 valence electrons. The fraction of sp³-hybridized carbons (Fsp3) is 0.294. The van der Waals surface area contributed by atoms with E-state index in [0.29, 0.717) is 10.0 Å². The van der Waals surface area contributed by atoms with Crippen LogP contribution in [-0.4, -0.2) is 43.5 Å². The minimum absolute atomic E-state index is 0.466. The van der Waals surface area contributed by atoms with Gasteiger partial charge in [0.25, 0.3) is 0 Å². The van der Waals surface area contributed by atoms with Gasteiger partial charge in [0.05, 0.1) is 11.2 Å². The number of hydrogen-bond acceptors (Lipinski definition) is 4. The van der Waals surface area contributed by atoms with Crippen LogP contribution in [0.1, 0.15) is 13.8 Å². The quantitative estimate of drug-likeness (QED) is 0.478. The third-order valence-corrected chi connectivity index (χ3v) is 6.45. The van der Waals surface area contributed by atoms with Crippen molar-refractivity contribution in [2.75, 3.05) is 12.4 Å². The highest BCUT2D eigenvalue weighted by molar-refractivity contribution is 8.23. The summed E-state index contributed by atoms with van der Waals surface area (Å²) in [4.78, 5) is 14.4. The van der Waals surface area contributed by atoms with Crippen molar-refractivity contribution in [1.29, 1.82) is 0 Å². The van der Waals surface area contributed by atoms with Gasteiger partial charge in [-0.05, 0) is 25.3 Å². The van der Waals surface area contributed by atoms with Crippen LogP contribution in [0.3, 0.4) is 0 Å². The van der Waals surface area contributed by atoms with Gasteiger partial charge in [-0.1, -0.05) is 60.4 Å². The number of nitrogens with one attached hydrogen (secondary N) is 1. The molecule has 7 heteroatoms. The van der Waals surface area contributed by atoms with E-state index in [9.17, 15) is 10.0 Å². The Labute approximate surface area is 150 Å². The van der Waals surface area contributed by atoms with Crippen LogP contribution in [0, 0.1) is 0 Å². The van der Waals surface area contributed by atoms with Crippen molar-refractivity contribution in [2.45, 2.75) is 24.8 Å². The van der Waals surface area contributed by atoms with Crippen molar-refractivity contribution < 1.29 is 10.0 Å². The molecule has 2 amide bonds. The molecule has 2 aromatic rings. The zero-order valence-electron chi connectivity index (χ0n) is 13.7. The lowest BCUT2D eigenvalue weighted by molar-refractivity contribution is -0.0715. The Hall–Kier alpha value is -1.83. The number of benzene rings is 2. The topological polar surface area (TPSA) is 55.8 Å². The molecule has 1 saturated heterocycles. The maximum atomic E-state index is 12.5. The normalized spacial score (nSPS) is 19.6. The zero-order chi connectivity index (χ0) is 17.5. The number of hydrogen-bond donors (Lipinski definition) is 2. The van der Waals surface area contributed by atoms with E-state index in [1.165, 1.54) is 11.8 Å². The molecule has 24 heavy (non-hydrogen) atoms. The molecular weight excluding hydrogens is 342 g/mol. The lowest BCUT2D eigenvalue weighted by Gasteiger charge is -2.35. The van der Waals surface area contributed by atoms with Crippen molar-refractivity contribution >= 4 is 50.8 Å². The average Bonchev–Trinajstić information content (AvgIpc) is 2.77. The van der Waals surface area contributed by atoms with Crippen LogP contribution < -0.4 is 5.32 Å². The highest BCUT2D eigenvalue weighted by Crippen LogP contribution is 2.40. The first-order valence-electron chi connectivity index (χ1n) is 7.53. The first-order chi connectivity index (χ1) is 11.3. The first kappa shape index (κ1) is 17.0. The summed E-state index contributed by atoms with van der Waals surface area (Å²) in [6.07, 6.45) is 0. The van der Waals surface area contributed by atoms with E-state index in [4.69, 9.17) is 12.2 Å². The van der Waals surface area contributed by atoms with Gasteiger partial charge in [-0.25, -0.2) is 4.79 Å². The van der Waals surface area contributed by atoms with E-state index in [1.807, 2.05) is 68.3 Å². The highest BCUT2D eigenvalue weighted by atomic mass is 32.2. The van der Waals surface area contributed by atoms with E-state index in [2.05, 4.69) is 5.32 Å². The third kappa shape index (κ3) is 2.83. The van der Waals surface area contributed by atoms with Gasteiger partial charge in [-0.15, -0.1) is 0 Å². The molecule has 2 aromatic carbocycles. The Morgan fingerprint density at radius 2 is 1.96 bits per heavy atom. The molecule has 1 aliphatic heterocycles. The lowest BCUT2D eigenvalue weighted by Crippen LogP contribution is -2.52. The van der Waals surface area contributed by atoms with E-state index < -0.39 is 16.9 Å². The predicted molar refractivity (Wildman–Crippen MR) is 102 cm³/mol. The number of rotatable bonds is 2. The van der Waals surface area contributed by atoms with Crippen LogP contribution in [0.25, 0.3) is 10.8 Å². The SMILES string of the molecule is CN1C(=S)S[C@@H](N(O)C(=O)Nc2cccc3ccccc23)C1(C)C. The predicted octanol–water partition coefficient (Wildman–Crippen LogP) is 4.13. The minimum Gasteiger partial charge on any atom is -0.352 e. The van der Waals surface area contributed by atoms with Gasteiger partial charge in [0.1, 0.15) is 9.69 Å². The second kappa shape index (κ2) is 6.23. The van der Waals surface area contributed by atoms with Crippen LogP contribution in [0.2, 0.25) is 0 Å². The fourth-order valence-electron chi connectivity index (χ4n) is 2.68. The Kier molecular flexibility index (Phi) is 4.42. The van der Waals surface area contributed by atoms with Gasteiger partial charge in [-0.3, -0.25) is 5.21 Å². The number of likely N-dealkylation sites (N-methyl/N-ethyl adjacent to an activating group) is 1. The third-order valence-electron chi connectivity index (χ3n) is 4.42. The summed E-state index contributed by atoms with van der Waals surface area (Å²) < 4.78 is 0.655. The van der Waals surface area contributed by atoms with Gasteiger partial charge in [0.15, 0.2) is 0 Å².